The van der Waals surface area contributed by atoms with Gasteiger partial charge in [0.1, 0.15) is 10.5 Å². The topological polar surface area (TPSA) is 108 Å². The molecular formula is C24H26N2O6S. The van der Waals surface area contributed by atoms with Gasteiger partial charge in [0, 0.05) is 4.88 Å². The van der Waals surface area contributed by atoms with Gasteiger partial charge in [0.2, 0.25) is 0 Å². The highest BCUT2D eigenvalue weighted by Crippen LogP contribution is 2.37. The van der Waals surface area contributed by atoms with Gasteiger partial charge < -0.3 is 19.2 Å². The number of rotatable bonds is 6. The number of amides is 1. The van der Waals surface area contributed by atoms with Crippen LogP contribution in [-0.4, -0.2) is 35.5 Å². The molecule has 4 rings (SSSR count). The number of nitrogens with one attached hydrogen (secondary N) is 1. The van der Waals surface area contributed by atoms with Gasteiger partial charge in [0.05, 0.1) is 17.7 Å². The first-order chi connectivity index (χ1) is 16.0. The molecule has 1 atom stereocenters. The van der Waals surface area contributed by atoms with E-state index >= 15 is 0 Å². The van der Waals surface area contributed by atoms with E-state index < -0.39 is 23.9 Å². The van der Waals surface area contributed by atoms with Crippen molar-refractivity contribution in [2.45, 2.75) is 58.5 Å². The molecule has 1 aliphatic rings. The first kappa shape index (κ1) is 23.0. The number of aryl methyl sites for hydroxylation is 1. The molecule has 1 unspecified atom stereocenters. The number of anilines is 1. The fourth-order valence-corrected chi connectivity index (χ4v) is 5.25. The highest BCUT2D eigenvalue weighted by Gasteiger charge is 2.28. The minimum Gasteiger partial charge on any atom is -0.462 e. The first-order valence-electron chi connectivity index (χ1n) is 11.1. The number of esters is 2. The van der Waals surface area contributed by atoms with Gasteiger partial charge in [0.25, 0.3) is 5.91 Å². The van der Waals surface area contributed by atoms with E-state index in [1.165, 1.54) is 24.7 Å². The van der Waals surface area contributed by atoms with Crippen LogP contribution < -0.4 is 5.32 Å². The summed E-state index contributed by atoms with van der Waals surface area (Å²) in [5, 5.41) is 3.25. The molecule has 33 heavy (non-hydrogen) atoms. The Morgan fingerprint density at radius 2 is 1.94 bits per heavy atom. The summed E-state index contributed by atoms with van der Waals surface area (Å²) in [6.07, 6.45) is 6.12. The first-order valence-corrected chi connectivity index (χ1v) is 12.0. The van der Waals surface area contributed by atoms with E-state index in [4.69, 9.17) is 13.9 Å². The normalized spacial score (nSPS) is 14.6. The van der Waals surface area contributed by atoms with Crippen molar-refractivity contribution in [1.29, 1.82) is 0 Å². The molecule has 1 amide bonds. The average Bonchev–Trinajstić information content (AvgIpc) is 3.38. The molecule has 8 nitrogen and oxygen atoms in total. The molecule has 3 aromatic rings. The van der Waals surface area contributed by atoms with Crippen LogP contribution in [0.2, 0.25) is 0 Å². The van der Waals surface area contributed by atoms with Crippen molar-refractivity contribution in [3.05, 3.63) is 46.2 Å². The van der Waals surface area contributed by atoms with Crippen molar-refractivity contribution in [3.63, 3.8) is 0 Å². The van der Waals surface area contributed by atoms with E-state index in [0.717, 1.165) is 49.0 Å². The number of hydrogen-bond donors (Lipinski definition) is 1. The van der Waals surface area contributed by atoms with Crippen molar-refractivity contribution in [2.24, 2.45) is 0 Å². The highest BCUT2D eigenvalue weighted by atomic mass is 32.1. The van der Waals surface area contributed by atoms with E-state index in [0.29, 0.717) is 21.7 Å². The summed E-state index contributed by atoms with van der Waals surface area (Å²) in [6, 6.07) is 4.91. The van der Waals surface area contributed by atoms with Crippen LogP contribution >= 0.6 is 11.3 Å². The SMILES string of the molecule is CCOC(=O)c1c(NC(=O)C(C)OC(=O)c2cccc3ocnc23)sc2c1CCCCCC2. The Kier molecular flexibility index (Phi) is 7.08. The van der Waals surface area contributed by atoms with Gasteiger partial charge in [0.15, 0.2) is 18.1 Å². The second kappa shape index (κ2) is 10.2. The number of thiophene rings is 1. The number of ether oxygens (including phenoxy) is 2. The molecule has 1 N–H and O–H groups in total. The molecule has 0 bridgehead atoms. The van der Waals surface area contributed by atoms with Crippen molar-refractivity contribution in [3.8, 4) is 0 Å². The summed E-state index contributed by atoms with van der Waals surface area (Å²) in [7, 11) is 0. The Hall–Kier alpha value is -3.20. The minimum atomic E-state index is -1.08. The van der Waals surface area contributed by atoms with E-state index in [1.54, 1.807) is 25.1 Å². The predicted octanol–water partition coefficient (Wildman–Crippen LogP) is 4.91. The quantitative estimate of drug-likeness (QED) is 0.510. The number of nitrogens with zero attached hydrogens (tertiary/aromatic N) is 1. The third kappa shape index (κ3) is 4.93. The lowest BCUT2D eigenvalue weighted by molar-refractivity contribution is -0.123. The third-order valence-electron chi connectivity index (χ3n) is 5.62. The van der Waals surface area contributed by atoms with Crippen molar-refractivity contribution >= 4 is 45.3 Å². The maximum absolute atomic E-state index is 12.9. The Labute approximate surface area is 195 Å². The zero-order valence-corrected chi connectivity index (χ0v) is 19.5. The van der Waals surface area contributed by atoms with Crippen LogP contribution in [0.15, 0.2) is 29.0 Å². The third-order valence-corrected chi connectivity index (χ3v) is 6.83. The maximum atomic E-state index is 12.9. The molecule has 0 aliphatic heterocycles. The standard InChI is InChI=1S/C24H26N2O6S/c1-3-30-24(29)19-15-9-6-4-5-7-12-18(15)33-22(19)26-21(27)14(2)32-23(28)16-10-8-11-17-20(16)25-13-31-17/h8,10-11,13-14H,3-7,9,12H2,1-2H3,(H,26,27). The number of fused-ring (bicyclic) bond motifs is 2. The highest BCUT2D eigenvalue weighted by molar-refractivity contribution is 7.17. The number of benzene rings is 1. The van der Waals surface area contributed by atoms with Crippen LogP contribution in [0.4, 0.5) is 5.00 Å². The largest absolute Gasteiger partial charge is 0.462 e. The summed E-state index contributed by atoms with van der Waals surface area (Å²) in [4.78, 5) is 43.5. The molecule has 0 saturated carbocycles. The van der Waals surface area contributed by atoms with Crippen LogP contribution in [0.1, 0.15) is 70.7 Å². The summed E-state index contributed by atoms with van der Waals surface area (Å²) in [5.41, 5.74) is 2.44. The summed E-state index contributed by atoms with van der Waals surface area (Å²) < 4.78 is 15.9. The molecule has 174 valence electrons. The number of oxazole rings is 1. The molecule has 0 fully saturated rings. The van der Waals surface area contributed by atoms with Gasteiger partial charge in [-0.25, -0.2) is 14.6 Å². The zero-order valence-electron chi connectivity index (χ0n) is 18.6. The van der Waals surface area contributed by atoms with Crippen LogP contribution in [0.3, 0.4) is 0 Å². The summed E-state index contributed by atoms with van der Waals surface area (Å²) in [6.45, 7) is 3.49. The second-order valence-electron chi connectivity index (χ2n) is 7.88. The van der Waals surface area contributed by atoms with Crippen LogP contribution in [0, 0.1) is 0 Å². The van der Waals surface area contributed by atoms with Crippen molar-refractivity contribution in [2.75, 3.05) is 11.9 Å². The van der Waals surface area contributed by atoms with Gasteiger partial charge in [-0.1, -0.05) is 18.9 Å². The average molecular weight is 471 g/mol. The smallest absolute Gasteiger partial charge is 0.341 e. The lowest BCUT2D eigenvalue weighted by Crippen LogP contribution is -2.30. The van der Waals surface area contributed by atoms with E-state index in [9.17, 15) is 14.4 Å². The van der Waals surface area contributed by atoms with E-state index in [-0.39, 0.29) is 12.2 Å². The van der Waals surface area contributed by atoms with Gasteiger partial charge in [-0.3, -0.25) is 4.79 Å². The van der Waals surface area contributed by atoms with Crippen LogP contribution in [0.25, 0.3) is 11.1 Å². The summed E-state index contributed by atoms with van der Waals surface area (Å²) in [5.74, 6) is -1.63. The monoisotopic (exact) mass is 470 g/mol. The fraction of sp³-hybridized carbons (Fsp3) is 0.417. The molecule has 1 aromatic carbocycles. The van der Waals surface area contributed by atoms with Gasteiger partial charge >= 0.3 is 11.9 Å². The number of carbonyl (C=O) groups excluding carboxylic acids is 3. The maximum Gasteiger partial charge on any atom is 0.341 e. The number of para-hydroxylation sites is 1. The molecule has 0 spiro atoms. The fourth-order valence-electron chi connectivity index (χ4n) is 3.97. The lowest BCUT2D eigenvalue weighted by Gasteiger charge is -2.14. The Balaban J connectivity index is 1.53. The molecule has 9 heteroatoms. The Bertz CT molecular complexity index is 1180. The van der Waals surface area contributed by atoms with Gasteiger partial charge in [-0.05, 0) is 57.2 Å². The molecule has 2 heterocycles. The zero-order chi connectivity index (χ0) is 23.4. The Morgan fingerprint density at radius 3 is 2.73 bits per heavy atom. The van der Waals surface area contributed by atoms with Crippen molar-refractivity contribution < 1.29 is 28.3 Å². The lowest BCUT2D eigenvalue weighted by atomic mass is 9.96. The summed E-state index contributed by atoms with van der Waals surface area (Å²) >= 11 is 1.41. The molecule has 1 aliphatic carbocycles. The van der Waals surface area contributed by atoms with Gasteiger partial charge in [-0.15, -0.1) is 11.3 Å². The molecule has 0 saturated heterocycles. The molecule has 2 aromatic heterocycles. The number of hydrogen-bond acceptors (Lipinski definition) is 8. The molecular weight excluding hydrogens is 444 g/mol. The number of carbonyl (C=O) groups is 3. The van der Waals surface area contributed by atoms with Crippen molar-refractivity contribution in [1.82, 2.24) is 4.98 Å². The Morgan fingerprint density at radius 1 is 1.15 bits per heavy atom. The van der Waals surface area contributed by atoms with Gasteiger partial charge in [-0.2, -0.15) is 0 Å². The number of aromatic nitrogens is 1. The predicted molar refractivity (Wildman–Crippen MR) is 124 cm³/mol. The van der Waals surface area contributed by atoms with Crippen LogP contribution in [0.5, 0.6) is 0 Å². The molecule has 0 radical (unpaired) electrons. The van der Waals surface area contributed by atoms with E-state index in [1.807, 2.05) is 0 Å². The van der Waals surface area contributed by atoms with Crippen LogP contribution in [-0.2, 0) is 27.1 Å². The minimum absolute atomic E-state index is 0.215. The second-order valence-corrected chi connectivity index (χ2v) is 8.99. The van der Waals surface area contributed by atoms with E-state index in [2.05, 4.69) is 10.3 Å².